The predicted octanol–water partition coefficient (Wildman–Crippen LogP) is 3.59. The number of rotatable bonds is 6. The second kappa shape index (κ2) is 8.11. The highest BCUT2D eigenvalue weighted by atomic mass is 32.2. The van der Waals surface area contributed by atoms with Gasteiger partial charge in [0.1, 0.15) is 17.3 Å². The Hall–Kier alpha value is -3.26. The number of anilines is 1. The molecule has 1 N–H and O–H groups in total. The van der Waals surface area contributed by atoms with Gasteiger partial charge < -0.3 is 14.5 Å². The van der Waals surface area contributed by atoms with Crippen molar-refractivity contribution >= 4 is 21.6 Å². The number of nitrogens with one attached hydrogen (secondary N) is 1. The van der Waals surface area contributed by atoms with Gasteiger partial charge in [0.25, 0.3) is 15.9 Å². The number of sulfonamides is 1. The molecule has 3 aromatic rings. The SMILES string of the molecule is COc1ccc(S(=O)(=O)N2CCc3ccccc32)cc1C(=O)NCc1cc(C)oc1C. The van der Waals surface area contributed by atoms with Crippen LogP contribution in [0.2, 0.25) is 0 Å². The molecule has 0 spiro atoms. The third kappa shape index (κ3) is 3.90. The summed E-state index contributed by atoms with van der Waals surface area (Å²) in [5, 5.41) is 2.82. The predicted molar refractivity (Wildman–Crippen MR) is 117 cm³/mol. The van der Waals surface area contributed by atoms with Crippen LogP contribution < -0.4 is 14.4 Å². The van der Waals surface area contributed by atoms with E-state index < -0.39 is 15.9 Å². The number of furan rings is 1. The van der Waals surface area contributed by atoms with Gasteiger partial charge in [-0.3, -0.25) is 9.10 Å². The minimum absolute atomic E-state index is 0.0467. The van der Waals surface area contributed by atoms with Crippen molar-refractivity contribution in [1.29, 1.82) is 0 Å². The average molecular weight is 441 g/mol. The van der Waals surface area contributed by atoms with Crippen molar-refractivity contribution in [1.82, 2.24) is 5.32 Å². The van der Waals surface area contributed by atoms with E-state index in [0.29, 0.717) is 24.4 Å². The third-order valence-electron chi connectivity index (χ3n) is 5.43. The van der Waals surface area contributed by atoms with Gasteiger partial charge in [-0.2, -0.15) is 0 Å². The van der Waals surface area contributed by atoms with Crippen LogP contribution in [0.25, 0.3) is 0 Å². The van der Waals surface area contributed by atoms with E-state index in [-0.39, 0.29) is 17.0 Å². The minimum Gasteiger partial charge on any atom is -0.496 e. The second-order valence-corrected chi connectivity index (χ2v) is 9.30. The lowest BCUT2D eigenvalue weighted by atomic mass is 10.1. The standard InChI is InChI=1S/C23H24N2O5S/c1-15-12-18(16(2)30-15)14-24-23(26)20-13-19(8-9-22(20)29-3)31(27,28)25-11-10-17-6-4-5-7-21(17)25/h4-9,12-13H,10-11,14H2,1-3H3,(H,24,26). The first-order valence-corrected chi connectivity index (χ1v) is 11.4. The molecule has 0 saturated carbocycles. The highest BCUT2D eigenvalue weighted by Gasteiger charge is 2.31. The van der Waals surface area contributed by atoms with Crippen LogP contribution in [0, 0.1) is 13.8 Å². The van der Waals surface area contributed by atoms with Crippen molar-refractivity contribution in [3.63, 3.8) is 0 Å². The van der Waals surface area contributed by atoms with Gasteiger partial charge in [0.2, 0.25) is 0 Å². The van der Waals surface area contributed by atoms with Crippen LogP contribution in [0.5, 0.6) is 5.75 Å². The zero-order valence-electron chi connectivity index (χ0n) is 17.6. The Morgan fingerprint density at radius 3 is 2.65 bits per heavy atom. The monoisotopic (exact) mass is 440 g/mol. The first kappa shape index (κ1) is 21.0. The van der Waals surface area contributed by atoms with Crippen LogP contribution in [-0.2, 0) is 23.0 Å². The molecule has 0 radical (unpaired) electrons. The smallest absolute Gasteiger partial charge is 0.264 e. The zero-order valence-corrected chi connectivity index (χ0v) is 18.5. The zero-order chi connectivity index (χ0) is 22.2. The largest absolute Gasteiger partial charge is 0.496 e. The van der Waals surface area contributed by atoms with E-state index in [4.69, 9.17) is 9.15 Å². The minimum atomic E-state index is -3.82. The third-order valence-corrected chi connectivity index (χ3v) is 7.24. The summed E-state index contributed by atoms with van der Waals surface area (Å²) in [5.74, 6) is 1.37. The van der Waals surface area contributed by atoms with Crippen molar-refractivity contribution in [2.75, 3.05) is 18.0 Å². The van der Waals surface area contributed by atoms with Gasteiger partial charge in [0.15, 0.2) is 0 Å². The summed E-state index contributed by atoms with van der Waals surface area (Å²) in [6.07, 6.45) is 0.655. The van der Waals surface area contributed by atoms with Crippen molar-refractivity contribution in [2.45, 2.75) is 31.7 Å². The lowest BCUT2D eigenvalue weighted by Crippen LogP contribution is -2.30. The van der Waals surface area contributed by atoms with Crippen molar-refractivity contribution in [3.8, 4) is 5.75 Å². The van der Waals surface area contributed by atoms with Crippen LogP contribution in [-0.4, -0.2) is 28.0 Å². The molecule has 1 aromatic heterocycles. The van der Waals surface area contributed by atoms with Gasteiger partial charge in [-0.05, 0) is 56.2 Å². The number of carbonyl (C=O) groups is 1. The molecule has 8 heteroatoms. The van der Waals surface area contributed by atoms with E-state index in [1.165, 1.54) is 29.6 Å². The maximum absolute atomic E-state index is 13.3. The number of carbonyl (C=O) groups excluding carboxylic acids is 1. The average Bonchev–Trinajstić information content (AvgIpc) is 3.34. The van der Waals surface area contributed by atoms with Gasteiger partial charge in [0, 0.05) is 18.7 Å². The van der Waals surface area contributed by atoms with Crippen LogP contribution in [0.4, 0.5) is 5.69 Å². The summed E-state index contributed by atoms with van der Waals surface area (Å²) in [7, 11) is -2.38. The number of hydrogen-bond donors (Lipinski definition) is 1. The number of para-hydroxylation sites is 1. The topological polar surface area (TPSA) is 88.9 Å². The van der Waals surface area contributed by atoms with Crippen LogP contribution in [0.1, 0.15) is 33.0 Å². The fraction of sp³-hybridized carbons (Fsp3) is 0.261. The Morgan fingerprint density at radius 2 is 1.94 bits per heavy atom. The Balaban J connectivity index is 1.63. The molecule has 2 heterocycles. The van der Waals surface area contributed by atoms with Gasteiger partial charge in [0.05, 0.1) is 23.3 Å². The van der Waals surface area contributed by atoms with E-state index in [1.54, 1.807) is 6.07 Å². The molecule has 0 aliphatic carbocycles. The maximum Gasteiger partial charge on any atom is 0.264 e. The number of hydrogen-bond acceptors (Lipinski definition) is 5. The van der Waals surface area contributed by atoms with Gasteiger partial charge in [-0.25, -0.2) is 8.42 Å². The number of amides is 1. The summed E-state index contributed by atoms with van der Waals surface area (Å²) in [4.78, 5) is 12.9. The lowest BCUT2D eigenvalue weighted by molar-refractivity contribution is 0.0947. The van der Waals surface area contributed by atoms with Crippen LogP contribution >= 0.6 is 0 Å². The quantitative estimate of drug-likeness (QED) is 0.633. The molecule has 0 saturated heterocycles. The van der Waals surface area contributed by atoms with Crippen LogP contribution in [0.3, 0.4) is 0 Å². The molecule has 0 unspecified atom stereocenters. The Kier molecular flexibility index (Phi) is 5.49. The molecule has 1 aliphatic rings. The summed E-state index contributed by atoms with van der Waals surface area (Å²) in [5.41, 5.74) is 2.69. The molecule has 7 nitrogen and oxygen atoms in total. The highest BCUT2D eigenvalue weighted by molar-refractivity contribution is 7.92. The highest BCUT2D eigenvalue weighted by Crippen LogP contribution is 2.34. The van der Waals surface area contributed by atoms with E-state index in [2.05, 4.69) is 5.32 Å². The number of fused-ring (bicyclic) bond motifs is 1. The van der Waals surface area contributed by atoms with E-state index in [1.807, 2.05) is 38.1 Å². The van der Waals surface area contributed by atoms with E-state index in [9.17, 15) is 13.2 Å². The Bertz CT molecular complexity index is 1250. The summed E-state index contributed by atoms with van der Waals surface area (Å²) in [6, 6.07) is 13.7. The van der Waals surface area contributed by atoms with Gasteiger partial charge >= 0.3 is 0 Å². The van der Waals surface area contributed by atoms with Crippen LogP contribution in [0.15, 0.2) is 57.8 Å². The van der Waals surface area contributed by atoms with Gasteiger partial charge in [-0.15, -0.1) is 0 Å². The second-order valence-electron chi connectivity index (χ2n) is 7.44. The molecule has 2 aromatic carbocycles. The van der Waals surface area contributed by atoms with Crippen molar-refractivity contribution in [3.05, 3.63) is 76.7 Å². The lowest BCUT2D eigenvalue weighted by Gasteiger charge is -2.20. The molecule has 162 valence electrons. The number of ether oxygens (including phenoxy) is 1. The molecule has 0 atom stereocenters. The van der Waals surface area contributed by atoms with Gasteiger partial charge in [-0.1, -0.05) is 18.2 Å². The first-order valence-electron chi connectivity index (χ1n) is 9.94. The first-order chi connectivity index (χ1) is 14.8. The molecular formula is C23H24N2O5S. The summed E-state index contributed by atoms with van der Waals surface area (Å²) < 4.78 is 38.9. The van der Waals surface area contributed by atoms with E-state index in [0.717, 1.165) is 22.6 Å². The number of methoxy groups -OCH3 is 1. The molecule has 1 amide bonds. The molecule has 4 rings (SSSR count). The normalized spacial score (nSPS) is 13.2. The van der Waals surface area contributed by atoms with Crippen molar-refractivity contribution in [2.24, 2.45) is 0 Å². The number of benzene rings is 2. The fourth-order valence-corrected chi connectivity index (χ4v) is 5.37. The number of aryl methyl sites for hydroxylation is 2. The molecule has 1 aliphatic heterocycles. The Labute approximate surface area is 181 Å². The van der Waals surface area contributed by atoms with Crippen molar-refractivity contribution < 1.29 is 22.4 Å². The fourth-order valence-electron chi connectivity index (χ4n) is 3.84. The summed E-state index contributed by atoms with van der Waals surface area (Å²) in [6.45, 7) is 4.30. The molecular weight excluding hydrogens is 416 g/mol. The van der Waals surface area contributed by atoms with E-state index >= 15 is 0 Å². The molecule has 31 heavy (non-hydrogen) atoms. The molecule has 0 fully saturated rings. The summed E-state index contributed by atoms with van der Waals surface area (Å²) >= 11 is 0. The molecule has 0 bridgehead atoms. The number of nitrogens with zero attached hydrogens (tertiary/aromatic N) is 1. The maximum atomic E-state index is 13.3. The Morgan fingerprint density at radius 1 is 1.16 bits per heavy atom.